The molecule has 1 aliphatic rings. The number of methoxy groups -OCH3 is 1. The fourth-order valence-electron chi connectivity index (χ4n) is 3.39. The molecule has 4 rings (SSSR count). The summed E-state index contributed by atoms with van der Waals surface area (Å²) in [6.07, 6.45) is 4.11. The Morgan fingerprint density at radius 2 is 1.67 bits per heavy atom. The van der Waals surface area contributed by atoms with Gasteiger partial charge in [0.2, 0.25) is 0 Å². The van der Waals surface area contributed by atoms with Crippen LogP contribution in [0.15, 0.2) is 67.0 Å². The van der Waals surface area contributed by atoms with Crippen LogP contribution < -0.4 is 14.4 Å². The molecule has 0 amide bonds. The molecule has 1 fully saturated rings. The first-order valence-corrected chi connectivity index (χ1v) is 9.22. The highest BCUT2D eigenvalue weighted by molar-refractivity contribution is 5.51. The molecule has 2 heterocycles. The van der Waals surface area contributed by atoms with Crippen molar-refractivity contribution in [2.24, 2.45) is 0 Å². The summed E-state index contributed by atoms with van der Waals surface area (Å²) >= 11 is 0. The molecule has 1 unspecified atom stereocenters. The summed E-state index contributed by atoms with van der Waals surface area (Å²) in [5, 5.41) is 0. The minimum Gasteiger partial charge on any atom is -0.497 e. The predicted molar refractivity (Wildman–Crippen MR) is 106 cm³/mol. The van der Waals surface area contributed by atoms with Gasteiger partial charge >= 0.3 is 0 Å². The van der Waals surface area contributed by atoms with Crippen LogP contribution in [0.1, 0.15) is 18.7 Å². The molecule has 140 valence electrons. The highest BCUT2D eigenvalue weighted by Crippen LogP contribution is 2.33. The SMILES string of the molecule is CCOc1ccc(-n2ccc(C3OCCN3c3ccc(OC)cc3)c2)cc1. The first kappa shape index (κ1) is 17.5. The van der Waals surface area contributed by atoms with Gasteiger partial charge in [0.15, 0.2) is 6.23 Å². The van der Waals surface area contributed by atoms with Crippen LogP contribution in [0.4, 0.5) is 5.69 Å². The number of hydrogen-bond acceptors (Lipinski definition) is 4. The van der Waals surface area contributed by atoms with E-state index in [-0.39, 0.29) is 6.23 Å². The maximum Gasteiger partial charge on any atom is 0.158 e. The van der Waals surface area contributed by atoms with Gasteiger partial charge in [-0.2, -0.15) is 0 Å². The van der Waals surface area contributed by atoms with Crippen LogP contribution in [-0.2, 0) is 4.74 Å². The topological polar surface area (TPSA) is 35.9 Å². The van der Waals surface area contributed by atoms with Crippen molar-refractivity contribution in [2.45, 2.75) is 13.2 Å². The zero-order chi connectivity index (χ0) is 18.6. The molecule has 0 saturated carbocycles. The van der Waals surface area contributed by atoms with Crippen molar-refractivity contribution < 1.29 is 14.2 Å². The molecule has 1 aromatic heterocycles. The third kappa shape index (κ3) is 3.64. The average Bonchev–Trinajstić information content (AvgIpc) is 3.38. The zero-order valence-corrected chi connectivity index (χ0v) is 15.7. The lowest BCUT2D eigenvalue weighted by Crippen LogP contribution is -2.22. The minimum absolute atomic E-state index is 0.0812. The van der Waals surface area contributed by atoms with Crippen LogP contribution in [0, 0.1) is 0 Å². The Morgan fingerprint density at radius 3 is 2.37 bits per heavy atom. The number of anilines is 1. The second kappa shape index (κ2) is 7.76. The molecule has 1 aliphatic heterocycles. The number of rotatable bonds is 6. The van der Waals surface area contributed by atoms with Crippen LogP contribution >= 0.6 is 0 Å². The van der Waals surface area contributed by atoms with Crippen molar-refractivity contribution in [2.75, 3.05) is 31.8 Å². The van der Waals surface area contributed by atoms with Gasteiger partial charge in [0.05, 0.1) is 20.3 Å². The summed E-state index contributed by atoms with van der Waals surface area (Å²) in [6.45, 7) is 4.24. The van der Waals surface area contributed by atoms with Crippen molar-refractivity contribution >= 4 is 5.69 Å². The van der Waals surface area contributed by atoms with E-state index in [0.717, 1.165) is 35.0 Å². The Morgan fingerprint density at radius 1 is 0.963 bits per heavy atom. The van der Waals surface area contributed by atoms with Crippen LogP contribution in [0.25, 0.3) is 5.69 Å². The minimum atomic E-state index is -0.0812. The van der Waals surface area contributed by atoms with Crippen LogP contribution in [0.2, 0.25) is 0 Å². The molecular formula is C22H24N2O3. The van der Waals surface area contributed by atoms with Gasteiger partial charge in [-0.1, -0.05) is 0 Å². The summed E-state index contributed by atoms with van der Waals surface area (Å²) in [4.78, 5) is 2.28. The first-order chi connectivity index (χ1) is 13.3. The van der Waals surface area contributed by atoms with Crippen molar-refractivity contribution in [1.29, 1.82) is 0 Å². The van der Waals surface area contributed by atoms with E-state index in [0.29, 0.717) is 13.2 Å². The van der Waals surface area contributed by atoms with E-state index in [4.69, 9.17) is 14.2 Å². The largest absolute Gasteiger partial charge is 0.497 e. The van der Waals surface area contributed by atoms with E-state index in [2.05, 4.69) is 52.2 Å². The Labute approximate surface area is 159 Å². The number of benzene rings is 2. The van der Waals surface area contributed by atoms with Gasteiger partial charge in [-0.3, -0.25) is 0 Å². The molecule has 0 bridgehead atoms. The molecule has 0 aliphatic carbocycles. The highest BCUT2D eigenvalue weighted by Gasteiger charge is 2.28. The lowest BCUT2D eigenvalue weighted by atomic mass is 10.2. The van der Waals surface area contributed by atoms with E-state index in [1.807, 2.05) is 31.2 Å². The Balaban J connectivity index is 1.54. The third-order valence-electron chi connectivity index (χ3n) is 4.74. The first-order valence-electron chi connectivity index (χ1n) is 9.22. The fourth-order valence-corrected chi connectivity index (χ4v) is 3.39. The monoisotopic (exact) mass is 364 g/mol. The van der Waals surface area contributed by atoms with Gasteiger partial charge in [0.1, 0.15) is 11.5 Å². The quantitative estimate of drug-likeness (QED) is 0.649. The Kier molecular flexibility index (Phi) is 5.03. The summed E-state index contributed by atoms with van der Waals surface area (Å²) in [6, 6.07) is 18.3. The van der Waals surface area contributed by atoms with Crippen molar-refractivity contribution in [1.82, 2.24) is 4.57 Å². The number of ether oxygens (including phenoxy) is 3. The van der Waals surface area contributed by atoms with E-state index in [1.54, 1.807) is 7.11 Å². The lowest BCUT2D eigenvalue weighted by Gasteiger charge is -2.24. The second-order valence-corrected chi connectivity index (χ2v) is 6.39. The maximum atomic E-state index is 6.02. The van der Waals surface area contributed by atoms with Crippen LogP contribution in [0.3, 0.4) is 0 Å². The number of hydrogen-bond donors (Lipinski definition) is 0. The molecule has 27 heavy (non-hydrogen) atoms. The fraction of sp³-hybridized carbons (Fsp3) is 0.273. The molecule has 0 N–H and O–H groups in total. The van der Waals surface area contributed by atoms with E-state index in [9.17, 15) is 0 Å². The summed E-state index contributed by atoms with van der Waals surface area (Å²) in [5.41, 5.74) is 3.36. The normalized spacial score (nSPS) is 16.5. The predicted octanol–water partition coefficient (Wildman–Crippen LogP) is 4.42. The molecular weight excluding hydrogens is 340 g/mol. The van der Waals surface area contributed by atoms with Crippen molar-refractivity contribution in [3.05, 3.63) is 72.6 Å². The van der Waals surface area contributed by atoms with Gasteiger partial charge < -0.3 is 23.7 Å². The summed E-state index contributed by atoms with van der Waals surface area (Å²) < 4.78 is 18.9. The van der Waals surface area contributed by atoms with Gasteiger partial charge in [-0.25, -0.2) is 0 Å². The molecule has 2 aromatic carbocycles. The summed E-state index contributed by atoms with van der Waals surface area (Å²) in [5.74, 6) is 1.75. The number of nitrogens with zero attached hydrogens (tertiary/aromatic N) is 2. The van der Waals surface area contributed by atoms with Crippen molar-refractivity contribution in [3.63, 3.8) is 0 Å². The van der Waals surface area contributed by atoms with Crippen LogP contribution in [-0.4, -0.2) is 31.4 Å². The van der Waals surface area contributed by atoms with Gasteiger partial charge in [-0.05, 0) is 61.5 Å². The highest BCUT2D eigenvalue weighted by atomic mass is 16.5. The molecule has 5 nitrogen and oxygen atoms in total. The zero-order valence-electron chi connectivity index (χ0n) is 15.7. The van der Waals surface area contributed by atoms with Crippen molar-refractivity contribution in [3.8, 4) is 17.2 Å². The van der Waals surface area contributed by atoms with E-state index >= 15 is 0 Å². The van der Waals surface area contributed by atoms with E-state index < -0.39 is 0 Å². The molecule has 0 spiro atoms. The van der Waals surface area contributed by atoms with Gasteiger partial charge in [-0.15, -0.1) is 0 Å². The summed E-state index contributed by atoms with van der Waals surface area (Å²) in [7, 11) is 1.68. The average molecular weight is 364 g/mol. The molecule has 1 saturated heterocycles. The Hall–Kier alpha value is -2.92. The molecule has 0 radical (unpaired) electrons. The lowest BCUT2D eigenvalue weighted by molar-refractivity contribution is 0.114. The van der Waals surface area contributed by atoms with E-state index in [1.165, 1.54) is 0 Å². The third-order valence-corrected chi connectivity index (χ3v) is 4.74. The Bertz CT molecular complexity index is 871. The molecule has 3 aromatic rings. The van der Waals surface area contributed by atoms with Crippen LogP contribution in [0.5, 0.6) is 11.5 Å². The van der Waals surface area contributed by atoms with Gasteiger partial charge in [0, 0.05) is 35.9 Å². The standard InChI is InChI=1S/C22H24N2O3/c1-3-26-21-10-4-18(5-11-21)23-13-12-17(16-23)22-24(14-15-27-22)19-6-8-20(25-2)9-7-19/h4-13,16,22H,3,14-15H2,1-2H3. The maximum absolute atomic E-state index is 6.02. The molecule has 1 atom stereocenters. The number of aromatic nitrogens is 1. The second-order valence-electron chi connectivity index (χ2n) is 6.39. The molecule has 5 heteroatoms. The smallest absolute Gasteiger partial charge is 0.158 e. The van der Waals surface area contributed by atoms with Gasteiger partial charge in [0.25, 0.3) is 0 Å².